The number of hydrogen-bond acceptors (Lipinski definition) is 3. The van der Waals surface area contributed by atoms with Crippen molar-refractivity contribution >= 4 is 39.5 Å². The van der Waals surface area contributed by atoms with Gasteiger partial charge in [0.1, 0.15) is 12.1 Å². The van der Waals surface area contributed by atoms with Crippen molar-refractivity contribution in [3.8, 4) is 0 Å². The number of carbonyl (C=O) groups is 3. The van der Waals surface area contributed by atoms with Crippen LogP contribution < -0.4 is 10.6 Å². The monoisotopic (exact) mass is 455 g/mol. The number of amides is 4. The summed E-state index contributed by atoms with van der Waals surface area (Å²) in [5.41, 5.74) is 2.50. The molecule has 1 saturated heterocycles. The summed E-state index contributed by atoms with van der Waals surface area (Å²) >= 11 is 3.42. The van der Waals surface area contributed by atoms with Crippen LogP contribution in [0.3, 0.4) is 0 Å². The minimum Gasteiger partial charge on any atom is -0.323 e. The molecule has 1 aliphatic carbocycles. The summed E-state index contributed by atoms with van der Waals surface area (Å²) in [6.45, 7) is 1.63. The maximum Gasteiger partial charge on any atom is 0.325 e. The molecule has 1 aliphatic heterocycles. The highest BCUT2D eigenvalue weighted by Gasteiger charge is 2.53. The first-order valence-corrected chi connectivity index (χ1v) is 10.5. The molecular formula is C22H22BrN3O3. The lowest BCUT2D eigenvalue weighted by molar-refractivity contribution is -0.134. The number of fused-ring (bicyclic) bond motifs is 2. The van der Waals surface area contributed by atoms with Crippen molar-refractivity contribution in [1.29, 1.82) is 0 Å². The van der Waals surface area contributed by atoms with Crippen LogP contribution in [0.4, 0.5) is 10.5 Å². The zero-order chi connectivity index (χ0) is 20.6. The number of hydrogen-bond donors (Lipinski definition) is 2. The number of halogens is 1. The van der Waals surface area contributed by atoms with Gasteiger partial charge in [0.25, 0.3) is 5.91 Å². The molecule has 0 aromatic heterocycles. The summed E-state index contributed by atoms with van der Waals surface area (Å²) in [4.78, 5) is 39.6. The predicted molar refractivity (Wildman–Crippen MR) is 113 cm³/mol. The maximum absolute atomic E-state index is 13.4. The van der Waals surface area contributed by atoms with E-state index >= 15 is 0 Å². The molecule has 6 nitrogen and oxygen atoms in total. The van der Waals surface area contributed by atoms with E-state index in [9.17, 15) is 14.4 Å². The fourth-order valence-electron chi connectivity index (χ4n) is 4.17. The minimum atomic E-state index is -1.07. The van der Waals surface area contributed by atoms with Crippen LogP contribution in [0.5, 0.6) is 0 Å². The Bertz CT molecular complexity index is 1010. The summed E-state index contributed by atoms with van der Waals surface area (Å²) in [5.74, 6) is -0.771. The van der Waals surface area contributed by atoms with Crippen LogP contribution in [0, 0.1) is 6.92 Å². The normalized spacial score (nSPS) is 21.0. The number of nitrogens with one attached hydrogen (secondary N) is 2. The lowest BCUT2D eigenvalue weighted by Crippen LogP contribution is -2.44. The Morgan fingerprint density at radius 3 is 2.79 bits per heavy atom. The van der Waals surface area contributed by atoms with E-state index in [0.29, 0.717) is 12.1 Å². The van der Waals surface area contributed by atoms with Crippen molar-refractivity contribution in [3.63, 3.8) is 0 Å². The van der Waals surface area contributed by atoms with Gasteiger partial charge >= 0.3 is 6.03 Å². The second-order valence-electron chi connectivity index (χ2n) is 7.62. The van der Waals surface area contributed by atoms with Crippen LogP contribution in [0.1, 0.15) is 36.0 Å². The highest BCUT2D eigenvalue weighted by molar-refractivity contribution is 9.10. The molecule has 2 aliphatic rings. The first kappa shape index (κ1) is 19.6. The molecule has 4 amide bonds. The van der Waals surface area contributed by atoms with Gasteiger partial charge < -0.3 is 10.6 Å². The molecule has 7 heteroatoms. The van der Waals surface area contributed by atoms with Crippen molar-refractivity contribution in [2.45, 2.75) is 38.1 Å². The van der Waals surface area contributed by atoms with Gasteiger partial charge in [-0.3, -0.25) is 14.5 Å². The first-order valence-electron chi connectivity index (χ1n) is 9.69. The van der Waals surface area contributed by atoms with Crippen LogP contribution in [0.25, 0.3) is 0 Å². The molecule has 1 heterocycles. The van der Waals surface area contributed by atoms with Crippen molar-refractivity contribution in [1.82, 2.24) is 10.2 Å². The average Bonchev–Trinajstić information content (AvgIpc) is 2.83. The number of benzene rings is 2. The van der Waals surface area contributed by atoms with Gasteiger partial charge in [-0.2, -0.15) is 0 Å². The van der Waals surface area contributed by atoms with Gasteiger partial charge in [-0.1, -0.05) is 30.3 Å². The maximum atomic E-state index is 13.4. The van der Waals surface area contributed by atoms with Gasteiger partial charge in [-0.25, -0.2) is 4.79 Å². The molecule has 2 aromatic carbocycles. The van der Waals surface area contributed by atoms with E-state index < -0.39 is 17.5 Å². The zero-order valence-corrected chi connectivity index (χ0v) is 17.7. The fourth-order valence-corrected chi connectivity index (χ4v) is 4.76. The van der Waals surface area contributed by atoms with Gasteiger partial charge in [0.15, 0.2) is 0 Å². The number of aryl methyl sites for hydroxylation is 2. The summed E-state index contributed by atoms with van der Waals surface area (Å²) in [6.07, 6.45) is 3.21. The lowest BCUT2D eigenvalue weighted by atomic mass is 9.84. The molecule has 150 valence electrons. The standard InChI is InChI=1S/C22H22BrN3O3/c1-14-9-10-18(17(23)12-14)24-19(27)13-26-20(28)22(25-21(26)29)11-5-4-7-15-6-2-3-8-16(15)22/h2-3,6,8-10,12H,4-5,7,11,13H2,1H3,(H,24,27)(H,25,29). The summed E-state index contributed by atoms with van der Waals surface area (Å²) in [5, 5.41) is 5.67. The molecule has 2 N–H and O–H groups in total. The summed E-state index contributed by atoms with van der Waals surface area (Å²) in [7, 11) is 0. The fraction of sp³-hybridized carbons (Fsp3) is 0.318. The molecule has 0 radical (unpaired) electrons. The second kappa shape index (κ2) is 7.63. The molecule has 4 rings (SSSR count). The Morgan fingerprint density at radius 1 is 1.21 bits per heavy atom. The third-order valence-corrected chi connectivity index (χ3v) is 6.26. The van der Waals surface area contributed by atoms with Crippen molar-refractivity contribution in [2.75, 3.05) is 11.9 Å². The van der Waals surface area contributed by atoms with E-state index in [1.807, 2.05) is 43.3 Å². The number of anilines is 1. The van der Waals surface area contributed by atoms with Crippen LogP contribution in [-0.4, -0.2) is 29.3 Å². The topological polar surface area (TPSA) is 78.5 Å². The van der Waals surface area contributed by atoms with Crippen LogP contribution in [0.2, 0.25) is 0 Å². The third-order valence-electron chi connectivity index (χ3n) is 5.60. The molecule has 0 bridgehead atoms. The highest BCUT2D eigenvalue weighted by Crippen LogP contribution is 2.39. The van der Waals surface area contributed by atoms with E-state index in [-0.39, 0.29) is 12.5 Å². The molecule has 29 heavy (non-hydrogen) atoms. The Morgan fingerprint density at radius 2 is 2.00 bits per heavy atom. The molecule has 1 unspecified atom stereocenters. The Kier molecular flexibility index (Phi) is 5.17. The van der Waals surface area contributed by atoms with Gasteiger partial charge in [0.05, 0.1) is 5.69 Å². The Balaban J connectivity index is 1.57. The van der Waals surface area contributed by atoms with Gasteiger partial charge in [0.2, 0.25) is 5.91 Å². The third kappa shape index (κ3) is 3.55. The SMILES string of the molecule is Cc1ccc(NC(=O)CN2C(=O)NC3(CCCCc4ccccc43)C2=O)c(Br)c1. The number of carbonyl (C=O) groups excluding carboxylic acids is 3. The van der Waals surface area contributed by atoms with E-state index in [1.165, 1.54) is 0 Å². The van der Waals surface area contributed by atoms with Crippen molar-refractivity contribution < 1.29 is 14.4 Å². The number of nitrogens with zero attached hydrogens (tertiary/aromatic N) is 1. The Labute approximate surface area is 177 Å². The molecule has 0 saturated carbocycles. The predicted octanol–water partition coefficient (Wildman–Crippen LogP) is 3.87. The van der Waals surface area contributed by atoms with Crippen molar-refractivity contribution in [2.24, 2.45) is 0 Å². The summed E-state index contributed by atoms with van der Waals surface area (Å²) in [6, 6.07) is 12.8. The second-order valence-corrected chi connectivity index (χ2v) is 8.48. The largest absolute Gasteiger partial charge is 0.325 e. The zero-order valence-electron chi connectivity index (χ0n) is 16.1. The number of rotatable bonds is 3. The van der Waals surface area contributed by atoms with E-state index in [1.54, 1.807) is 6.07 Å². The van der Waals surface area contributed by atoms with Crippen LogP contribution >= 0.6 is 15.9 Å². The summed E-state index contributed by atoms with van der Waals surface area (Å²) < 4.78 is 0.747. The number of urea groups is 1. The molecule has 1 atom stereocenters. The molecular weight excluding hydrogens is 434 g/mol. The quantitative estimate of drug-likeness (QED) is 0.689. The van der Waals surface area contributed by atoms with Crippen LogP contribution in [-0.2, 0) is 21.5 Å². The average molecular weight is 456 g/mol. The van der Waals surface area contributed by atoms with E-state index in [4.69, 9.17) is 0 Å². The van der Waals surface area contributed by atoms with Crippen molar-refractivity contribution in [3.05, 3.63) is 63.6 Å². The van der Waals surface area contributed by atoms with Gasteiger partial charge in [0, 0.05) is 4.47 Å². The molecule has 1 spiro atoms. The number of imide groups is 1. The van der Waals surface area contributed by atoms with E-state index in [0.717, 1.165) is 45.3 Å². The minimum absolute atomic E-state index is 0.325. The van der Waals surface area contributed by atoms with Crippen LogP contribution in [0.15, 0.2) is 46.9 Å². The van der Waals surface area contributed by atoms with Gasteiger partial charge in [-0.15, -0.1) is 0 Å². The van der Waals surface area contributed by atoms with E-state index in [2.05, 4.69) is 26.6 Å². The highest BCUT2D eigenvalue weighted by atomic mass is 79.9. The molecule has 1 fully saturated rings. The Hall–Kier alpha value is -2.67. The van der Waals surface area contributed by atoms with Gasteiger partial charge in [-0.05, 0) is 77.4 Å². The smallest absolute Gasteiger partial charge is 0.323 e. The first-order chi connectivity index (χ1) is 13.9. The molecule has 2 aromatic rings. The lowest BCUT2D eigenvalue weighted by Gasteiger charge is -2.27.